The lowest BCUT2D eigenvalue weighted by Crippen LogP contribution is -2.14. The van der Waals surface area contributed by atoms with Gasteiger partial charge >= 0.3 is 0 Å². The van der Waals surface area contributed by atoms with E-state index in [9.17, 15) is 17.6 Å². The average molecular weight is 993 g/mol. The van der Waals surface area contributed by atoms with Gasteiger partial charge in [0.25, 0.3) is 5.88 Å². The minimum absolute atomic E-state index is 0.00193. The summed E-state index contributed by atoms with van der Waals surface area (Å²) in [5, 5.41) is 9.09. The van der Waals surface area contributed by atoms with Crippen LogP contribution < -0.4 is 16.2 Å². The number of aromatic nitrogens is 4. The number of ether oxygens (including phenoxy) is 1. The fourth-order valence-corrected chi connectivity index (χ4v) is 5.18. The van der Waals surface area contributed by atoms with Gasteiger partial charge in [0.15, 0.2) is 17.7 Å². The van der Waals surface area contributed by atoms with E-state index in [0.29, 0.717) is 37.9 Å². The van der Waals surface area contributed by atoms with Crippen LogP contribution in [0.15, 0.2) is 62.6 Å². The van der Waals surface area contributed by atoms with Crippen LogP contribution in [0.4, 0.5) is 29.2 Å². The summed E-state index contributed by atoms with van der Waals surface area (Å²) in [6.07, 6.45) is 0.731. The van der Waals surface area contributed by atoms with Crippen molar-refractivity contribution in [2.24, 2.45) is 0 Å². The Labute approximate surface area is 284 Å². The molecule has 0 fully saturated rings. The Bertz CT molecular complexity index is 1460. The van der Waals surface area contributed by atoms with Crippen LogP contribution in [0.2, 0.25) is 0 Å². The summed E-state index contributed by atoms with van der Waals surface area (Å²) in [4.78, 5) is 15.5. The van der Waals surface area contributed by atoms with Gasteiger partial charge in [0, 0.05) is 12.7 Å². The molecule has 8 nitrogen and oxygen atoms in total. The van der Waals surface area contributed by atoms with Crippen LogP contribution in [0.1, 0.15) is 23.3 Å². The van der Waals surface area contributed by atoms with Gasteiger partial charge in [0.05, 0.1) is 12.4 Å². The smallest absolute Gasteiger partial charge is 0.259 e. The van der Waals surface area contributed by atoms with Crippen molar-refractivity contribution in [3.05, 3.63) is 92.5 Å². The van der Waals surface area contributed by atoms with Gasteiger partial charge < -0.3 is 21.3 Å². The first-order chi connectivity index (χ1) is 19.4. The third kappa shape index (κ3) is 11.6. The molecule has 4 rings (SSSR count). The number of aliphatic hydroxyl groups excluding tert-OH is 1. The SMILES string of the molecule is Nc1ncc(Br)nc1Br.Nc1ncc(Br)nc1OC(CF)c1cc(F)ccc1I.OC(CF)c1cc(F)ccc1I. The maximum atomic E-state index is 13.3. The Kier molecular flexibility index (Phi) is 15.4. The predicted octanol–water partition coefficient (Wildman–Crippen LogP) is 7.67. The first-order valence-electron chi connectivity index (χ1n) is 10.9. The van der Waals surface area contributed by atoms with Crippen molar-refractivity contribution in [1.29, 1.82) is 0 Å². The summed E-state index contributed by atoms with van der Waals surface area (Å²) < 4.78 is 59.5. The number of nitrogens with zero attached hydrogens (tertiary/aromatic N) is 4. The highest BCUT2D eigenvalue weighted by Gasteiger charge is 2.20. The van der Waals surface area contributed by atoms with E-state index in [2.05, 4.69) is 67.7 Å². The molecular formula is C24H19Br3F4I2N6O2. The lowest BCUT2D eigenvalue weighted by Gasteiger charge is -2.17. The zero-order valence-corrected chi connectivity index (χ0v) is 29.5. The Morgan fingerprint density at radius 3 is 1.83 bits per heavy atom. The zero-order valence-electron chi connectivity index (χ0n) is 20.4. The molecule has 41 heavy (non-hydrogen) atoms. The number of halogens is 9. The molecule has 2 aromatic heterocycles. The molecular weight excluding hydrogens is 974 g/mol. The molecule has 4 aromatic rings. The standard InChI is InChI=1S/C12H9BrF2IN3O.C8H7F2IO.C4H3Br2N3/c13-10-5-18-11(17)12(19-10)20-9(4-14)7-3-6(15)1-2-8(7)16;9-4-8(12)6-3-5(10)1-2-7(6)11;5-2-1-8-4(7)3(6)9-2/h1-3,5,9H,4H2,(H2,17,18);1-3,8,12H,4H2;1H,(H2,7,8). The summed E-state index contributed by atoms with van der Waals surface area (Å²) in [5.74, 6) is -0.480. The normalized spacial score (nSPS) is 11.9. The van der Waals surface area contributed by atoms with Crippen LogP contribution in [0.5, 0.6) is 5.88 Å². The molecule has 2 heterocycles. The largest absolute Gasteiger partial charge is 0.464 e. The van der Waals surface area contributed by atoms with Gasteiger partial charge in [0.1, 0.15) is 44.9 Å². The summed E-state index contributed by atoms with van der Waals surface area (Å²) in [6, 6.07) is 8.00. The second kappa shape index (κ2) is 17.6. The third-order valence-corrected chi connectivity index (χ3v) is 7.94. The molecule has 0 aliphatic carbocycles. The minimum atomic E-state index is -1.22. The fourth-order valence-electron chi connectivity index (χ4n) is 2.73. The molecule has 2 atom stereocenters. The van der Waals surface area contributed by atoms with Crippen molar-refractivity contribution >= 4 is 105 Å². The van der Waals surface area contributed by atoms with Crippen LogP contribution in [-0.4, -0.2) is 38.4 Å². The monoisotopic (exact) mass is 990 g/mol. The Hall–Kier alpha value is -1.42. The maximum absolute atomic E-state index is 13.3. The molecule has 220 valence electrons. The summed E-state index contributed by atoms with van der Waals surface area (Å²) in [7, 11) is 0. The molecule has 2 unspecified atom stereocenters. The van der Waals surface area contributed by atoms with Gasteiger partial charge in [-0.25, -0.2) is 37.5 Å². The average Bonchev–Trinajstić information content (AvgIpc) is 2.94. The van der Waals surface area contributed by atoms with E-state index < -0.39 is 37.2 Å². The van der Waals surface area contributed by atoms with Gasteiger partial charge in [-0.1, -0.05) is 0 Å². The number of aliphatic hydroxyl groups is 1. The molecule has 17 heteroatoms. The van der Waals surface area contributed by atoms with Gasteiger partial charge in [-0.15, -0.1) is 0 Å². The highest BCUT2D eigenvalue weighted by atomic mass is 127. The van der Waals surface area contributed by atoms with Crippen LogP contribution in [0, 0.1) is 18.8 Å². The molecule has 0 saturated heterocycles. The second-order valence-electron chi connectivity index (χ2n) is 7.51. The van der Waals surface area contributed by atoms with Crippen molar-refractivity contribution in [2.75, 3.05) is 24.8 Å². The molecule has 0 radical (unpaired) electrons. The van der Waals surface area contributed by atoms with Gasteiger partial charge in [0.2, 0.25) is 0 Å². The third-order valence-electron chi connectivity index (χ3n) is 4.63. The van der Waals surface area contributed by atoms with Crippen molar-refractivity contribution in [1.82, 2.24) is 19.9 Å². The highest BCUT2D eigenvalue weighted by Crippen LogP contribution is 2.29. The van der Waals surface area contributed by atoms with E-state index in [-0.39, 0.29) is 11.7 Å². The van der Waals surface area contributed by atoms with Crippen molar-refractivity contribution in [2.45, 2.75) is 12.2 Å². The van der Waals surface area contributed by atoms with Gasteiger partial charge in [-0.05, 0) is 135 Å². The van der Waals surface area contributed by atoms with Crippen LogP contribution in [-0.2, 0) is 0 Å². The van der Waals surface area contributed by atoms with Crippen LogP contribution in [0.25, 0.3) is 0 Å². The van der Waals surface area contributed by atoms with E-state index in [1.807, 2.05) is 45.2 Å². The number of anilines is 2. The lowest BCUT2D eigenvalue weighted by molar-refractivity contribution is 0.140. The molecule has 2 aromatic carbocycles. The number of nitrogens with two attached hydrogens (primary N) is 2. The molecule has 0 aliphatic rings. The number of rotatable bonds is 6. The van der Waals surface area contributed by atoms with Crippen LogP contribution in [0.3, 0.4) is 0 Å². The molecule has 5 N–H and O–H groups in total. The Balaban J connectivity index is 0.000000237. The number of benzene rings is 2. The summed E-state index contributed by atoms with van der Waals surface area (Å²) in [5.41, 5.74) is 11.7. The Morgan fingerprint density at radius 1 is 0.805 bits per heavy atom. The summed E-state index contributed by atoms with van der Waals surface area (Å²) >= 11 is 13.3. The zero-order chi connectivity index (χ0) is 30.7. The van der Waals surface area contributed by atoms with Crippen molar-refractivity contribution in [3.8, 4) is 5.88 Å². The summed E-state index contributed by atoms with van der Waals surface area (Å²) in [6.45, 7) is -1.73. The highest BCUT2D eigenvalue weighted by molar-refractivity contribution is 14.1. The maximum Gasteiger partial charge on any atom is 0.259 e. The van der Waals surface area contributed by atoms with E-state index in [4.69, 9.17) is 21.3 Å². The van der Waals surface area contributed by atoms with Gasteiger partial charge in [-0.3, -0.25) is 0 Å². The lowest BCUT2D eigenvalue weighted by atomic mass is 10.1. The fraction of sp³-hybridized carbons (Fsp3) is 0.167. The predicted molar refractivity (Wildman–Crippen MR) is 175 cm³/mol. The van der Waals surface area contributed by atoms with Crippen molar-refractivity contribution in [3.63, 3.8) is 0 Å². The van der Waals surface area contributed by atoms with E-state index in [1.165, 1.54) is 30.5 Å². The molecule has 0 bridgehead atoms. The first-order valence-corrected chi connectivity index (χ1v) is 15.5. The van der Waals surface area contributed by atoms with E-state index in [1.54, 1.807) is 12.3 Å². The van der Waals surface area contributed by atoms with Gasteiger partial charge in [-0.2, -0.15) is 0 Å². The number of alkyl halides is 2. The molecule has 0 amide bonds. The number of hydrogen-bond acceptors (Lipinski definition) is 8. The molecule has 0 aliphatic heterocycles. The number of nitrogen functional groups attached to an aromatic ring is 2. The molecule has 0 spiro atoms. The van der Waals surface area contributed by atoms with E-state index >= 15 is 0 Å². The van der Waals surface area contributed by atoms with Crippen LogP contribution >= 0.6 is 93.0 Å². The van der Waals surface area contributed by atoms with E-state index in [0.717, 1.165) is 6.07 Å². The topological polar surface area (TPSA) is 133 Å². The molecule has 0 saturated carbocycles. The minimum Gasteiger partial charge on any atom is -0.464 e. The first kappa shape index (κ1) is 35.8. The Morgan fingerprint density at radius 2 is 1.32 bits per heavy atom. The number of hydrogen-bond donors (Lipinski definition) is 3. The van der Waals surface area contributed by atoms with Crippen molar-refractivity contribution < 1.29 is 27.4 Å². The second-order valence-corrected chi connectivity index (χ2v) is 12.2. The quantitative estimate of drug-likeness (QED) is 0.133.